The van der Waals surface area contributed by atoms with Crippen LogP contribution in [0, 0.1) is 0 Å². The predicted molar refractivity (Wildman–Crippen MR) is 87.4 cm³/mol. The molecule has 0 spiro atoms. The second kappa shape index (κ2) is 6.68. The largest absolute Gasteiger partial charge is 0.507 e. The van der Waals surface area contributed by atoms with Crippen LogP contribution in [0.5, 0.6) is 5.75 Å². The van der Waals surface area contributed by atoms with Crippen molar-refractivity contribution in [3.63, 3.8) is 0 Å². The number of phenols is 1. The molecule has 0 heterocycles. The molecule has 0 radical (unpaired) electrons. The molecule has 0 unspecified atom stereocenters. The summed E-state index contributed by atoms with van der Waals surface area (Å²) in [6.07, 6.45) is 0. The van der Waals surface area contributed by atoms with Crippen LogP contribution < -0.4 is 5.43 Å². The first-order valence-corrected chi connectivity index (χ1v) is 6.96. The number of hydrogen-bond acceptors (Lipinski definition) is 4. The Kier molecular flexibility index (Phi) is 4.90. The molecule has 0 atom stereocenters. The molecule has 7 heteroatoms. The van der Waals surface area contributed by atoms with E-state index in [9.17, 15) is 9.90 Å². The lowest BCUT2D eigenvalue weighted by Gasteiger charge is -2.08. The highest BCUT2D eigenvalue weighted by Gasteiger charge is 2.08. The van der Waals surface area contributed by atoms with Gasteiger partial charge >= 0.3 is 5.97 Å². The Morgan fingerprint density at radius 3 is 2.59 bits per heavy atom. The molecule has 0 aliphatic heterocycles. The van der Waals surface area contributed by atoms with E-state index in [2.05, 4.69) is 10.5 Å². The number of aromatic hydroxyl groups is 1. The van der Waals surface area contributed by atoms with Gasteiger partial charge in [-0.2, -0.15) is 5.10 Å². The minimum atomic E-state index is -1.06. The Hall–Kier alpha value is -2.24. The number of nitrogens with zero attached hydrogens (tertiary/aromatic N) is 1. The summed E-state index contributed by atoms with van der Waals surface area (Å²) in [5.74, 6) is -1.02. The number of halogens is 2. The van der Waals surface area contributed by atoms with Crippen molar-refractivity contribution in [3.8, 4) is 5.75 Å². The van der Waals surface area contributed by atoms with E-state index in [4.69, 9.17) is 28.3 Å². The lowest BCUT2D eigenvalue weighted by Crippen LogP contribution is -2.02. The zero-order chi connectivity index (χ0) is 16.3. The summed E-state index contributed by atoms with van der Waals surface area (Å²) < 4.78 is 0. The molecule has 5 nitrogen and oxygen atoms in total. The Labute approximate surface area is 136 Å². The monoisotopic (exact) mass is 338 g/mol. The van der Waals surface area contributed by atoms with Gasteiger partial charge in [-0.3, -0.25) is 5.43 Å². The van der Waals surface area contributed by atoms with E-state index < -0.39 is 5.97 Å². The third-order valence-corrected chi connectivity index (χ3v) is 3.47. The van der Waals surface area contributed by atoms with Crippen molar-refractivity contribution in [2.75, 3.05) is 5.43 Å². The van der Waals surface area contributed by atoms with Crippen molar-refractivity contribution in [2.45, 2.75) is 6.92 Å². The molecule has 0 saturated heterocycles. The number of phenolic OH excluding ortho intramolecular Hbond substituents is 1. The maximum absolute atomic E-state index is 11.0. The summed E-state index contributed by atoms with van der Waals surface area (Å²) in [7, 11) is 0. The van der Waals surface area contributed by atoms with E-state index in [0.717, 1.165) is 0 Å². The fraction of sp³-hybridized carbons (Fsp3) is 0.0667. The highest BCUT2D eigenvalue weighted by molar-refractivity contribution is 6.33. The van der Waals surface area contributed by atoms with Crippen molar-refractivity contribution in [1.29, 1.82) is 0 Å². The standard InChI is InChI=1S/C15H12Cl2N2O3/c1-8(11-7-10(16)3-5-14(11)20)18-19-13-6-9(15(21)22)2-4-12(13)17/h2-7,19-20H,1H3,(H,21,22)/b18-8+. The predicted octanol–water partition coefficient (Wildman–Crippen LogP) is 4.23. The maximum atomic E-state index is 11.0. The van der Waals surface area contributed by atoms with Gasteiger partial charge in [0.2, 0.25) is 0 Å². The zero-order valence-electron chi connectivity index (χ0n) is 11.5. The minimum absolute atomic E-state index is 0.0397. The zero-order valence-corrected chi connectivity index (χ0v) is 13.0. The summed E-state index contributed by atoms with van der Waals surface area (Å²) in [4.78, 5) is 11.0. The van der Waals surface area contributed by atoms with Crippen LogP contribution in [0.4, 0.5) is 5.69 Å². The van der Waals surface area contributed by atoms with Crippen molar-refractivity contribution in [3.05, 3.63) is 57.6 Å². The fourth-order valence-electron chi connectivity index (χ4n) is 1.75. The number of aromatic carboxylic acids is 1. The first-order chi connectivity index (χ1) is 10.4. The number of carbonyl (C=O) groups is 1. The molecular formula is C15H12Cl2N2O3. The van der Waals surface area contributed by atoms with E-state index in [1.807, 2.05) is 0 Å². The van der Waals surface area contributed by atoms with Gasteiger partial charge in [0.05, 0.1) is 22.0 Å². The number of hydrazone groups is 1. The maximum Gasteiger partial charge on any atom is 0.335 e. The lowest BCUT2D eigenvalue weighted by molar-refractivity contribution is 0.0697. The fourth-order valence-corrected chi connectivity index (χ4v) is 2.08. The molecule has 0 aliphatic rings. The van der Waals surface area contributed by atoms with Gasteiger partial charge < -0.3 is 10.2 Å². The third-order valence-electron chi connectivity index (χ3n) is 2.91. The van der Waals surface area contributed by atoms with Gasteiger partial charge in [0.1, 0.15) is 5.75 Å². The van der Waals surface area contributed by atoms with Crippen LogP contribution in [0.1, 0.15) is 22.8 Å². The number of nitrogens with one attached hydrogen (secondary N) is 1. The molecule has 114 valence electrons. The number of hydrogen-bond donors (Lipinski definition) is 3. The molecule has 2 aromatic carbocycles. The van der Waals surface area contributed by atoms with Crippen LogP contribution in [0.2, 0.25) is 10.0 Å². The van der Waals surface area contributed by atoms with Gasteiger partial charge in [-0.15, -0.1) is 0 Å². The molecule has 2 rings (SSSR count). The summed E-state index contributed by atoms with van der Waals surface area (Å²) in [5, 5.41) is 23.7. The molecule has 0 aromatic heterocycles. The van der Waals surface area contributed by atoms with Crippen molar-refractivity contribution in [1.82, 2.24) is 0 Å². The van der Waals surface area contributed by atoms with Crippen LogP contribution in [0.3, 0.4) is 0 Å². The van der Waals surface area contributed by atoms with Crippen LogP contribution >= 0.6 is 23.2 Å². The average molecular weight is 339 g/mol. The molecule has 2 aromatic rings. The lowest BCUT2D eigenvalue weighted by atomic mass is 10.1. The Bertz CT molecular complexity index is 760. The number of anilines is 1. The summed E-state index contributed by atoms with van der Waals surface area (Å²) >= 11 is 11.9. The molecule has 3 N–H and O–H groups in total. The van der Waals surface area contributed by atoms with Gasteiger partial charge in [-0.05, 0) is 43.3 Å². The van der Waals surface area contributed by atoms with Crippen LogP contribution in [-0.4, -0.2) is 21.9 Å². The molecule has 0 fully saturated rings. The number of carboxylic acids is 1. The Morgan fingerprint density at radius 1 is 1.18 bits per heavy atom. The van der Waals surface area contributed by atoms with Gasteiger partial charge in [0, 0.05) is 10.6 Å². The normalized spacial score (nSPS) is 11.3. The van der Waals surface area contributed by atoms with Crippen LogP contribution in [0.15, 0.2) is 41.5 Å². The average Bonchev–Trinajstić information content (AvgIpc) is 2.48. The van der Waals surface area contributed by atoms with Gasteiger partial charge in [0.25, 0.3) is 0 Å². The molecular weight excluding hydrogens is 327 g/mol. The Morgan fingerprint density at radius 2 is 1.91 bits per heavy atom. The highest BCUT2D eigenvalue weighted by atomic mass is 35.5. The number of carboxylic acid groups (broad SMARTS) is 1. The van der Waals surface area contributed by atoms with Gasteiger partial charge in [-0.1, -0.05) is 23.2 Å². The van der Waals surface area contributed by atoms with Gasteiger partial charge in [0.15, 0.2) is 0 Å². The highest BCUT2D eigenvalue weighted by Crippen LogP contribution is 2.25. The van der Waals surface area contributed by atoms with E-state index in [1.165, 1.54) is 24.3 Å². The first-order valence-electron chi connectivity index (χ1n) is 6.20. The second-order valence-corrected chi connectivity index (χ2v) is 5.31. The topological polar surface area (TPSA) is 81.9 Å². The van der Waals surface area contributed by atoms with E-state index in [0.29, 0.717) is 27.0 Å². The molecule has 22 heavy (non-hydrogen) atoms. The van der Waals surface area contributed by atoms with Crippen molar-refractivity contribution >= 4 is 40.6 Å². The molecule has 0 aliphatic carbocycles. The van der Waals surface area contributed by atoms with E-state index >= 15 is 0 Å². The van der Waals surface area contributed by atoms with Crippen molar-refractivity contribution in [2.24, 2.45) is 5.10 Å². The van der Waals surface area contributed by atoms with Crippen LogP contribution in [0.25, 0.3) is 0 Å². The summed E-state index contributed by atoms with van der Waals surface area (Å²) in [6.45, 7) is 1.67. The quantitative estimate of drug-likeness (QED) is 0.575. The Balaban J connectivity index is 2.29. The SMILES string of the molecule is C/C(=N\Nc1cc(C(=O)O)ccc1Cl)c1cc(Cl)ccc1O. The summed E-state index contributed by atoms with van der Waals surface area (Å²) in [6, 6.07) is 8.85. The van der Waals surface area contributed by atoms with Gasteiger partial charge in [-0.25, -0.2) is 4.79 Å². The minimum Gasteiger partial charge on any atom is -0.507 e. The van der Waals surface area contributed by atoms with Crippen LogP contribution in [-0.2, 0) is 0 Å². The smallest absolute Gasteiger partial charge is 0.335 e. The van der Waals surface area contributed by atoms with E-state index in [-0.39, 0.29) is 11.3 Å². The third kappa shape index (κ3) is 3.69. The molecule has 0 amide bonds. The van der Waals surface area contributed by atoms with Crippen molar-refractivity contribution < 1.29 is 15.0 Å². The second-order valence-electron chi connectivity index (χ2n) is 4.47. The van der Waals surface area contributed by atoms with E-state index in [1.54, 1.807) is 19.1 Å². The molecule has 0 bridgehead atoms. The number of rotatable bonds is 4. The first kappa shape index (κ1) is 16.1. The molecule has 0 saturated carbocycles. The number of benzene rings is 2. The summed E-state index contributed by atoms with van der Waals surface area (Å²) in [5.41, 5.74) is 4.06.